The highest BCUT2D eigenvalue weighted by Crippen LogP contribution is 2.24. The van der Waals surface area contributed by atoms with Crippen LogP contribution in [0.5, 0.6) is 0 Å². The number of likely N-dealkylation sites (N-methyl/N-ethyl adjacent to an activating group) is 1. The van der Waals surface area contributed by atoms with Crippen molar-refractivity contribution in [3.8, 4) is 0 Å². The molecule has 0 aromatic heterocycles. The lowest BCUT2D eigenvalue weighted by atomic mass is 10.1. The Morgan fingerprint density at radius 1 is 1.43 bits per heavy atom. The lowest BCUT2D eigenvalue weighted by Crippen LogP contribution is -2.22. The number of aliphatic hydroxyl groups is 1. The van der Waals surface area contributed by atoms with E-state index in [-0.39, 0.29) is 17.2 Å². The molecule has 0 saturated heterocycles. The maximum atomic E-state index is 13.3. The molecule has 0 heterocycles. The largest absolute Gasteiger partial charge is 0.394 e. The van der Waals surface area contributed by atoms with Gasteiger partial charge in [-0.3, -0.25) is 0 Å². The fraction of sp³-hybridized carbons (Fsp3) is 0.333. The average molecular weight is 222 g/mol. The summed E-state index contributed by atoms with van der Waals surface area (Å²) in [4.78, 5) is 0. The molecule has 14 heavy (non-hydrogen) atoms. The smallest absolute Gasteiger partial charge is 0.132 e. The fourth-order valence-corrected chi connectivity index (χ4v) is 1.40. The second-order valence-corrected chi connectivity index (χ2v) is 3.24. The molecular formula is C9H10ClF2NO. The summed E-state index contributed by atoms with van der Waals surface area (Å²) >= 11 is 5.45. The van der Waals surface area contributed by atoms with E-state index in [0.717, 1.165) is 12.1 Å². The van der Waals surface area contributed by atoms with E-state index in [4.69, 9.17) is 16.7 Å². The average Bonchev–Trinajstić information content (AvgIpc) is 2.10. The van der Waals surface area contributed by atoms with Crippen LogP contribution >= 0.6 is 11.6 Å². The number of hydrogen-bond donors (Lipinski definition) is 2. The lowest BCUT2D eigenvalue weighted by Gasteiger charge is -2.15. The van der Waals surface area contributed by atoms with Gasteiger partial charge in [-0.25, -0.2) is 8.78 Å². The van der Waals surface area contributed by atoms with E-state index < -0.39 is 17.7 Å². The summed E-state index contributed by atoms with van der Waals surface area (Å²) < 4.78 is 26.5. The van der Waals surface area contributed by atoms with Crippen molar-refractivity contribution >= 4 is 11.6 Å². The summed E-state index contributed by atoms with van der Waals surface area (Å²) in [6, 6.07) is 1.27. The fourth-order valence-electron chi connectivity index (χ4n) is 1.21. The third kappa shape index (κ3) is 2.20. The molecule has 0 aliphatic rings. The van der Waals surface area contributed by atoms with Crippen molar-refractivity contribution in [2.45, 2.75) is 6.04 Å². The van der Waals surface area contributed by atoms with Crippen molar-refractivity contribution in [3.63, 3.8) is 0 Å². The molecule has 0 aliphatic carbocycles. The number of aliphatic hydroxyl groups excluding tert-OH is 1. The first-order chi connectivity index (χ1) is 6.60. The Morgan fingerprint density at radius 2 is 1.93 bits per heavy atom. The Hall–Kier alpha value is -0.710. The predicted octanol–water partition coefficient (Wildman–Crippen LogP) is 1.87. The highest BCUT2D eigenvalue weighted by atomic mass is 35.5. The third-order valence-corrected chi connectivity index (χ3v) is 2.14. The first kappa shape index (κ1) is 11.4. The van der Waals surface area contributed by atoms with Gasteiger partial charge < -0.3 is 10.4 Å². The second-order valence-electron chi connectivity index (χ2n) is 2.81. The van der Waals surface area contributed by atoms with E-state index in [1.807, 2.05) is 0 Å². The summed E-state index contributed by atoms with van der Waals surface area (Å²) in [6.45, 7) is -0.383. The molecule has 0 spiro atoms. The van der Waals surface area contributed by atoms with Crippen LogP contribution in [0.2, 0.25) is 5.02 Å². The first-order valence-corrected chi connectivity index (χ1v) is 4.40. The van der Waals surface area contributed by atoms with E-state index in [2.05, 4.69) is 5.32 Å². The molecule has 5 heteroatoms. The molecule has 2 N–H and O–H groups in total. The summed E-state index contributed by atoms with van der Waals surface area (Å²) in [5.74, 6) is -1.52. The lowest BCUT2D eigenvalue weighted by molar-refractivity contribution is 0.244. The van der Waals surface area contributed by atoms with Crippen molar-refractivity contribution in [3.05, 3.63) is 34.4 Å². The summed E-state index contributed by atoms with van der Waals surface area (Å²) in [6.07, 6.45) is 0. The maximum Gasteiger partial charge on any atom is 0.132 e. The van der Waals surface area contributed by atoms with Crippen LogP contribution in [0.25, 0.3) is 0 Å². The SMILES string of the molecule is CNC(CO)c1c(F)cc(Cl)cc1F. The van der Waals surface area contributed by atoms with E-state index in [1.54, 1.807) is 0 Å². The zero-order valence-corrected chi connectivity index (χ0v) is 8.28. The van der Waals surface area contributed by atoms with Gasteiger partial charge in [0.1, 0.15) is 11.6 Å². The molecule has 1 aromatic carbocycles. The summed E-state index contributed by atoms with van der Waals surface area (Å²) in [5, 5.41) is 11.5. The Morgan fingerprint density at radius 3 is 2.29 bits per heavy atom. The molecule has 0 fully saturated rings. The van der Waals surface area contributed by atoms with Gasteiger partial charge in [0.05, 0.1) is 12.6 Å². The van der Waals surface area contributed by atoms with Gasteiger partial charge >= 0.3 is 0 Å². The Bertz CT molecular complexity index is 306. The minimum absolute atomic E-state index is 0.00320. The summed E-state index contributed by atoms with van der Waals surface area (Å²) in [7, 11) is 1.51. The topological polar surface area (TPSA) is 32.3 Å². The van der Waals surface area contributed by atoms with Gasteiger partial charge in [-0.2, -0.15) is 0 Å². The van der Waals surface area contributed by atoms with Crippen LogP contribution in [0.4, 0.5) is 8.78 Å². The molecule has 0 bridgehead atoms. The third-order valence-electron chi connectivity index (χ3n) is 1.92. The predicted molar refractivity (Wildman–Crippen MR) is 50.3 cm³/mol. The van der Waals surface area contributed by atoms with Crippen LogP contribution in [0.3, 0.4) is 0 Å². The maximum absolute atomic E-state index is 13.3. The zero-order valence-electron chi connectivity index (χ0n) is 7.52. The Balaban J connectivity index is 3.19. The number of rotatable bonds is 3. The minimum atomic E-state index is -0.761. The molecule has 0 amide bonds. The minimum Gasteiger partial charge on any atom is -0.394 e. The van der Waals surface area contributed by atoms with Gasteiger partial charge in [-0.05, 0) is 19.2 Å². The van der Waals surface area contributed by atoms with Crippen LogP contribution in [-0.4, -0.2) is 18.8 Å². The van der Waals surface area contributed by atoms with Crippen molar-refractivity contribution in [1.82, 2.24) is 5.32 Å². The van der Waals surface area contributed by atoms with Crippen LogP contribution in [0.15, 0.2) is 12.1 Å². The van der Waals surface area contributed by atoms with Crippen molar-refractivity contribution < 1.29 is 13.9 Å². The van der Waals surface area contributed by atoms with E-state index >= 15 is 0 Å². The first-order valence-electron chi connectivity index (χ1n) is 4.02. The van der Waals surface area contributed by atoms with E-state index in [0.29, 0.717) is 0 Å². The quantitative estimate of drug-likeness (QED) is 0.817. The zero-order chi connectivity index (χ0) is 10.7. The molecule has 1 unspecified atom stereocenters. The van der Waals surface area contributed by atoms with Crippen LogP contribution in [0, 0.1) is 11.6 Å². The molecule has 1 rings (SSSR count). The highest BCUT2D eigenvalue weighted by molar-refractivity contribution is 6.30. The van der Waals surface area contributed by atoms with Gasteiger partial charge in [0.15, 0.2) is 0 Å². The Kier molecular flexibility index (Phi) is 3.80. The molecule has 78 valence electrons. The molecule has 0 saturated carbocycles. The molecule has 1 atom stereocenters. The van der Waals surface area contributed by atoms with E-state index in [1.165, 1.54) is 7.05 Å². The van der Waals surface area contributed by atoms with Crippen LogP contribution in [0.1, 0.15) is 11.6 Å². The van der Waals surface area contributed by atoms with Crippen molar-refractivity contribution in [2.75, 3.05) is 13.7 Å². The molecular weight excluding hydrogens is 212 g/mol. The van der Waals surface area contributed by atoms with Crippen LogP contribution in [-0.2, 0) is 0 Å². The number of nitrogens with one attached hydrogen (secondary N) is 1. The van der Waals surface area contributed by atoms with Gasteiger partial charge in [0, 0.05) is 10.6 Å². The monoisotopic (exact) mass is 221 g/mol. The number of hydrogen-bond acceptors (Lipinski definition) is 2. The number of benzene rings is 1. The Labute approximate surface area is 85.5 Å². The standard InChI is InChI=1S/C9H10ClF2NO/c1-13-8(4-14)9-6(11)2-5(10)3-7(9)12/h2-3,8,13-14H,4H2,1H3. The van der Waals surface area contributed by atoms with Gasteiger partial charge in [0.25, 0.3) is 0 Å². The molecule has 1 aromatic rings. The second kappa shape index (κ2) is 4.68. The highest BCUT2D eigenvalue weighted by Gasteiger charge is 2.18. The molecule has 0 radical (unpaired) electrons. The van der Waals surface area contributed by atoms with E-state index in [9.17, 15) is 8.78 Å². The molecule has 0 aliphatic heterocycles. The summed E-state index contributed by atoms with van der Waals surface area (Å²) in [5.41, 5.74) is -0.195. The molecule has 2 nitrogen and oxygen atoms in total. The van der Waals surface area contributed by atoms with Crippen molar-refractivity contribution in [1.29, 1.82) is 0 Å². The van der Waals surface area contributed by atoms with Crippen molar-refractivity contribution in [2.24, 2.45) is 0 Å². The van der Waals surface area contributed by atoms with Gasteiger partial charge in [-0.15, -0.1) is 0 Å². The van der Waals surface area contributed by atoms with Gasteiger partial charge in [0.2, 0.25) is 0 Å². The van der Waals surface area contributed by atoms with Gasteiger partial charge in [-0.1, -0.05) is 11.6 Å². The normalized spacial score (nSPS) is 12.9. The number of halogens is 3. The van der Waals surface area contributed by atoms with Crippen LogP contribution < -0.4 is 5.32 Å².